The Morgan fingerprint density at radius 2 is 0.794 bits per heavy atom. The SMILES string of the molecule is c1ccc(-c2ccc(-c3cc(-c4cccc(-c5c6c(cc7c(-c8ccccc8)nc8ccccc8c57)oc5ccccc56)c4)nc(-c4ccc(-c5ccccc5)cc4)n3)cc2)cc1. The Labute approximate surface area is 364 Å². The van der Waals surface area contributed by atoms with Crippen molar-refractivity contribution in [3.05, 3.63) is 224 Å². The van der Waals surface area contributed by atoms with E-state index in [-0.39, 0.29) is 0 Å². The van der Waals surface area contributed by atoms with Gasteiger partial charge in [-0.1, -0.05) is 194 Å². The third kappa shape index (κ3) is 6.53. The molecule has 63 heavy (non-hydrogen) atoms. The van der Waals surface area contributed by atoms with Gasteiger partial charge in [0.1, 0.15) is 11.2 Å². The van der Waals surface area contributed by atoms with Crippen LogP contribution in [-0.2, 0) is 0 Å². The van der Waals surface area contributed by atoms with Crippen molar-refractivity contribution in [1.82, 2.24) is 15.0 Å². The lowest BCUT2D eigenvalue weighted by atomic mass is 9.89. The molecule has 0 bridgehead atoms. The van der Waals surface area contributed by atoms with Crippen LogP contribution in [-0.4, -0.2) is 15.0 Å². The van der Waals surface area contributed by atoms with Crippen LogP contribution in [0.1, 0.15) is 0 Å². The van der Waals surface area contributed by atoms with Crippen molar-refractivity contribution in [2.75, 3.05) is 0 Å². The Balaban J connectivity index is 1.08. The van der Waals surface area contributed by atoms with Crippen molar-refractivity contribution in [2.24, 2.45) is 0 Å². The maximum Gasteiger partial charge on any atom is 0.160 e. The highest BCUT2D eigenvalue weighted by Crippen LogP contribution is 2.47. The zero-order valence-corrected chi connectivity index (χ0v) is 34.1. The van der Waals surface area contributed by atoms with Crippen LogP contribution in [0.2, 0.25) is 0 Å². The van der Waals surface area contributed by atoms with Crippen LogP contribution in [0.5, 0.6) is 0 Å². The molecule has 0 aliphatic carbocycles. The number of hydrogen-bond donors (Lipinski definition) is 0. The molecule has 9 aromatic carbocycles. The molecule has 0 saturated heterocycles. The van der Waals surface area contributed by atoms with Crippen LogP contribution in [0.3, 0.4) is 0 Å². The molecule has 0 aliphatic rings. The van der Waals surface area contributed by atoms with E-state index in [2.05, 4.69) is 200 Å². The quantitative estimate of drug-likeness (QED) is 0.151. The first-order valence-electron chi connectivity index (χ1n) is 21.3. The first kappa shape index (κ1) is 36.4. The van der Waals surface area contributed by atoms with E-state index in [0.717, 1.165) is 105 Å². The number of hydrogen-bond acceptors (Lipinski definition) is 4. The third-order valence-electron chi connectivity index (χ3n) is 12.1. The molecule has 12 aromatic rings. The molecular formula is C59H37N3O. The van der Waals surface area contributed by atoms with Gasteiger partial charge in [0, 0.05) is 54.7 Å². The molecule has 0 N–H and O–H groups in total. The van der Waals surface area contributed by atoms with Crippen molar-refractivity contribution in [3.63, 3.8) is 0 Å². The maximum absolute atomic E-state index is 6.69. The van der Waals surface area contributed by atoms with E-state index in [9.17, 15) is 0 Å². The minimum Gasteiger partial charge on any atom is -0.456 e. The number of benzene rings is 9. The average Bonchev–Trinajstić information content (AvgIpc) is 3.74. The van der Waals surface area contributed by atoms with Crippen molar-refractivity contribution < 1.29 is 4.42 Å². The predicted molar refractivity (Wildman–Crippen MR) is 260 cm³/mol. The second-order valence-electron chi connectivity index (χ2n) is 15.9. The van der Waals surface area contributed by atoms with Crippen LogP contribution in [0.15, 0.2) is 229 Å². The summed E-state index contributed by atoms with van der Waals surface area (Å²) in [7, 11) is 0. The highest BCUT2D eigenvalue weighted by atomic mass is 16.3. The molecule has 0 aliphatic heterocycles. The van der Waals surface area contributed by atoms with Crippen molar-refractivity contribution in [2.45, 2.75) is 0 Å². The number of pyridine rings is 1. The summed E-state index contributed by atoms with van der Waals surface area (Å²) in [4.78, 5) is 15.9. The van der Waals surface area contributed by atoms with Gasteiger partial charge in [-0.15, -0.1) is 0 Å². The molecule has 3 aromatic heterocycles. The average molecular weight is 804 g/mol. The molecule has 0 amide bonds. The van der Waals surface area contributed by atoms with E-state index in [4.69, 9.17) is 19.4 Å². The first-order valence-corrected chi connectivity index (χ1v) is 21.3. The molecule has 3 heterocycles. The van der Waals surface area contributed by atoms with Gasteiger partial charge in [-0.05, 0) is 58.1 Å². The van der Waals surface area contributed by atoms with Gasteiger partial charge in [0.05, 0.1) is 22.6 Å². The lowest BCUT2D eigenvalue weighted by Crippen LogP contribution is -1.97. The van der Waals surface area contributed by atoms with E-state index < -0.39 is 0 Å². The van der Waals surface area contributed by atoms with Gasteiger partial charge < -0.3 is 4.42 Å². The topological polar surface area (TPSA) is 51.8 Å². The van der Waals surface area contributed by atoms with Crippen molar-refractivity contribution in [3.8, 4) is 78.5 Å². The largest absolute Gasteiger partial charge is 0.456 e. The van der Waals surface area contributed by atoms with Gasteiger partial charge in [0.2, 0.25) is 0 Å². The first-order chi connectivity index (χ1) is 31.2. The van der Waals surface area contributed by atoms with Crippen LogP contribution in [0.25, 0.3) is 122 Å². The maximum atomic E-state index is 6.69. The fourth-order valence-electron chi connectivity index (χ4n) is 9.03. The van der Waals surface area contributed by atoms with Gasteiger partial charge in [0.25, 0.3) is 0 Å². The summed E-state index contributed by atoms with van der Waals surface area (Å²) in [6.45, 7) is 0. The Bertz CT molecular complexity index is 3540. The molecule has 0 saturated carbocycles. The monoisotopic (exact) mass is 803 g/mol. The fourth-order valence-corrected chi connectivity index (χ4v) is 9.03. The Kier molecular flexibility index (Phi) is 8.79. The second kappa shape index (κ2) is 15.2. The molecule has 12 rings (SSSR count). The molecular weight excluding hydrogens is 767 g/mol. The van der Waals surface area contributed by atoms with Crippen LogP contribution >= 0.6 is 0 Å². The Hall–Kier alpha value is -8.47. The number of furan rings is 1. The van der Waals surface area contributed by atoms with Crippen LogP contribution in [0.4, 0.5) is 0 Å². The normalized spacial score (nSPS) is 11.5. The smallest absolute Gasteiger partial charge is 0.160 e. The predicted octanol–water partition coefficient (Wildman–Crippen LogP) is 15.7. The van der Waals surface area contributed by atoms with Gasteiger partial charge in [-0.3, -0.25) is 0 Å². The number of aromatic nitrogens is 3. The highest BCUT2D eigenvalue weighted by molar-refractivity contribution is 6.27. The van der Waals surface area contributed by atoms with Crippen molar-refractivity contribution in [1.29, 1.82) is 0 Å². The number of fused-ring (bicyclic) bond motifs is 6. The summed E-state index contributed by atoms with van der Waals surface area (Å²) in [6.07, 6.45) is 0. The van der Waals surface area contributed by atoms with Crippen molar-refractivity contribution >= 4 is 43.6 Å². The van der Waals surface area contributed by atoms with Crippen LogP contribution in [0, 0.1) is 0 Å². The lowest BCUT2D eigenvalue weighted by molar-refractivity contribution is 0.669. The molecule has 0 unspecified atom stereocenters. The van der Waals surface area contributed by atoms with E-state index in [1.807, 2.05) is 24.3 Å². The minimum absolute atomic E-state index is 0.664. The Morgan fingerprint density at radius 3 is 1.48 bits per heavy atom. The molecule has 0 radical (unpaired) electrons. The highest BCUT2D eigenvalue weighted by Gasteiger charge is 2.22. The van der Waals surface area contributed by atoms with E-state index >= 15 is 0 Å². The van der Waals surface area contributed by atoms with Gasteiger partial charge in [0.15, 0.2) is 5.82 Å². The van der Waals surface area contributed by atoms with Crippen LogP contribution < -0.4 is 0 Å². The summed E-state index contributed by atoms with van der Waals surface area (Å²) < 4.78 is 6.69. The molecule has 0 fully saturated rings. The second-order valence-corrected chi connectivity index (χ2v) is 15.9. The zero-order chi connectivity index (χ0) is 41.7. The summed E-state index contributed by atoms with van der Waals surface area (Å²) in [5, 5.41) is 5.41. The Morgan fingerprint density at radius 1 is 0.286 bits per heavy atom. The van der Waals surface area contributed by atoms with E-state index in [0.29, 0.717) is 5.82 Å². The summed E-state index contributed by atoms with van der Waals surface area (Å²) in [5.41, 5.74) is 16.0. The number of para-hydroxylation sites is 2. The molecule has 294 valence electrons. The third-order valence-corrected chi connectivity index (χ3v) is 12.1. The number of nitrogens with zero attached hydrogens (tertiary/aromatic N) is 3. The molecule has 4 nitrogen and oxygen atoms in total. The number of rotatable bonds is 7. The summed E-state index contributed by atoms with van der Waals surface area (Å²) in [6, 6.07) is 78.5. The summed E-state index contributed by atoms with van der Waals surface area (Å²) >= 11 is 0. The van der Waals surface area contributed by atoms with E-state index in [1.54, 1.807) is 0 Å². The molecule has 0 spiro atoms. The zero-order valence-electron chi connectivity index (χ0n) is 34.1. The fraction of sp³-hybridized carbons (Fsp3) is 0. The molecule has 4 heteroatoms. The van der Waals surface area contributed by atoms with E-state index in [1.165, 1.54) is 11.1 Å². The van der Waals surface area contributed by atoms with Gasteiger partial charge >= 0.3 is 0 Å². The minimum atomic E-state index is 0.664. The van der Waals surface area contributed by atoms with Gasteiger partial charge in [-0.25, -0.2) is 15.0 Å². The molecule has 0 atom stereocenters. The van der Waals surface area contributed by atoms with Gasteiger partial charge in [-0.2, -0.15) is 0 Å². The summed E-state index contributed by atoms with van der Waals surface area (Å²) in [5.74, 6) is 0.664. The lowest BCUT2D eigenvalue weighted by Gasteiger charge is -2.16. The standard InChI is InChI=1S/C59H37N3O/c1-4-15-38(16-5-1)40-27-31-42(32-28-40)51-37-52(62-59(61-51)44-33-29-41(30-34-44)39-17-6-2-7-18-39)45-21-14-22-46(35-45)55-56-47-23-10-12-25-50(47)60-58(43-19-8-3-9-20-43)49(56)36-54-57(55)48-24-11-13-26-53(48)63-54/h1-37H.